The van der Waals surface area contributed by atoms with Gasteiger partial charge >= 0.3 is 0 Å². The summed E-state index contributed by atoms with van der Waals surface area (Å²) in [7, 11) is 1.56. The van der Waals surface area contributed by atoms with Crippen LogP contribution in [0, 0.1) is 0 Å². The first-order valence-electron chi connectivity index (χ1n) is 8.23. The maximum absolute atomic E-state index is 12.4. The van der Waals surface area contributed by atoms with Crippen LogP contribution < -0.4 is 15.4 Å². The molecule has 0 bridgehead atoms. The van der Waals surface area contributed by atoms with E-state index in [1.54, 1.807) is 31.0 Å². The van der Waals surface area contributed by atoms with Crippen molar-refractivity contribution in [3.05, 3.63) is 29.8 Å². The lowest BCUT2D eigenvalue weighted by Gasteiger charge is -2.33. The third-order valence-electron chi connectivity index (χ3n) is 4.51. The van der Waals surface area contributed by atoms with Crippen LogP contribution in [0.2, 0.25) is 0 Å². The first kappa shape index (κ1) is 17.1. The Morgan fingerprint density at radius 2 is 2.04 bits per heavy atom. The minimum Gasteiger partial charge on any atom is -0.496 e. The van der Waals surface area contributed by atoms with Crippen LogP contribution >= 0.6 is 11.8 Å². The molecule has 2 fully saturated rings. The van der Waals surface area contributed by atoms with Crippen molar-refractivity contribution in [1.29, 1.82) is 0 Å². The number of carbonyl (C=O) groups excluding carboxylic acids is 2. The van der Waals surface area contributed by atoms with Gasteiger partial charge in [-0.25, -0.2) is 0 Å². The van der Waals surface area contributed by atoms with Gasteiger partial charge in [0.2, 0.25) is 5.91 Å². The van der Waals surface area contributed by atoms with E-state index in [4.69, 9.17) is 4.74 Å². The quantitative estimate of drug-likeness (QED) is 0.851. The van der Waals surface area contributed by atoms with Crippen LogP contribution in [0.4, 0.5) is 0 Å². The highest BCUT2D eigenvalue weighted by molar-refractivity contribution is 7.99. The summed E-state index contributed by atoms with van der Waals surface area (Å²) < 4.78 is 5.24. The third-order valence-corrected chi connectivity index (χ3v) is 5.45. The topological polar surface area (TPSA) is 70.7 Å². The Hall–Kier alpha value is -1.73. The zero-order chi connectivity index (χ0) is 16.9. The second kappa shape index (κ2) is 7.90. The number of para-hydroxylation sites is 1. The molecule has 0 radical (unpaired) electrons. The van der Waals surface area contributed by atoms with Crippen LogP contribution in [0.3, 0.4) is 0 Å². The second-order valence-electron chi connectivity index (χ2n) is 6.05. The monoisotopic (exact) mass is 349 g/mol. The van der Waals surface area contributed by atoms with Gasteiger partial charge in [0.25, 0.3) is 5.91 Å². The number of likely N-dealkylation sites (tertiary alicyclic amines) is 1. The number of nitrogens with zero attached hydrogens (tertiary/aromatic N) is 1. The molecule has 1 atom stereocenters. The van der Waals surface area contributed by atoms with Crippen LogP contribution in [-0.2, 0) is 4.79 Å². The largest absolute Gasteiger partial charge is 0.496 e. The molecular formula is C17H23N3O3S. The molecule has 0 saturated carbocycles. The Balaban J connectivity index is 1.51. The number of piperidine rings is 1. The molecule has 2 aliphatic heterocycles. The average molecular weight is 349 g/mol. The van der Waals surface area contributed by atoms with Crippen molar-refractivity contribution in [2.45, 2.75) is 24.9 Å². The van der Waals surface area contributed by atoms with Crippen LogP contribution in [0.25, 0.3) is 0 Å². The normalized spacial score (nSPS) is 21.5. The summed E-state index contributed by atoms with van der Waals surface area (Å²) in [5, 5.41) is 6.28. The van der Waals surface area contributed by atoms with Crippen LogP contribution in [0.5, 0.6) is 5.75 Å². The number of benzene rings is 1. The van der Waals surface area contributed by atoms with Crippen LogP contribution in [-0.4, -0.2) is 60.6 Å². The SMILES string of the molecule is COc1ccccc1C(=O)NC1CCN(C(=O)C2CSCN2)CC1. The molecule has 2 saturated heterocycles. The number of hydrogen-bond acceptors (Lipinski definition) is 5. The molecule has 130 valence electrons. The highest BCUT2D eigenvalue weighted by atomic mass is 32.2. The highest BCUT2D eigenvalue weighted by Crippen LogP contribution is 2.19. The molecule has 6 nitrogen and oxygen atoms in total. The molecule has 7 heteroatoms. The Labute approximate surface area is 146 Å². The Bertz CT molecular complexity index is 596. The smallest absolute Gasteiger partial charge is 0.255 e. The minimum atomic E-state index is -0.119. The molecule has 24 heavy (non-hydrogen) atoms. The van der Waals surface area contributed by atoms with Crippen molar-refractivity contribution in [2.75, 3.05) is 31.8 Å². The summed E-state index contributed by atoms with van der Waals surface area (Å²) in [5.41, 5.74) is 0.547. The summed E-state index contributed by atoms with van der Waals surface area (Å²) in [5.74, 6) is 2.35. The van der Waals surface area contributed by atoms with Gasteiger partial charge in [-0.3, -0.25) is 14.9 Å². The Morgan fingerprint density at radius 3 is 2.71 bits per heavy atom. The summed E-state index contributed by atoms with van der Waals surface area (Å²) in [4.78, 5) is 26.7. The third kappa shape index (κ3) is 3.84. The predicted octanol–water partition coefficient (Wildman–Crippen LogP) is 1.08. The lowest BCUT2D eigenvalue weighted by atomic mass is 10.0. The number of carbonyl (C=O) groups is 2. The fraction of sp³-hybridized carbons (Fsp3) is 0.529. The Morgan fingerprint density at radius 1 is 1.29 bits per heavy atom. The second-order valence-corrected chi connectivity index (χ2v) is 7.08. The Kier molecular flexibility index (Phi) is 5.63. The number of ether oxygens (including phenoxy) is 1. The highest BCUT2D eigenvalue weighted by Gasteiger charge is 2.30. The number of nitrogens with one attached hydrogen (secondary N) is 2. The van der Waals surface area contributed by atoms with Gasteiger partial charge in [-0.05, 0) is 25.0 Å². The van der Waals surface area contributed by atoms with Gasteiger partial charge in [-0.1, -0.05) is 12.1 Å². The molecule has 2 N–H and O–H groups in total. The van der Waals surface area contributed by atoms with Crippen molar-refractivity contribution in [1.82, 2.24) is 15.5 Å². The van der Waals surface area contributed by atoms with E-state index in [-0.39, 0.29) is 23.9 Å². The zero-order valence-corrected chi connectivity index (χ0v) is 14.6. The summed E-state index contributed by atoms with van der Waals surface area (Å²) in [6.07, 6.45) is 1.57. The van der Waals surface area contributed by atoms with E-state index in [2.05, 4.69) is 10.6 Å². The van der Waals surface area contributed by atoms with Crippen molar-refractivity contribution in [3.8, 4) is 5.75 Å². The van der Waals surface area contributed by atoms with Crippen molar-refractivity contribution < 1.29 is 14.3 Å². The van der Waals surface area contributed by atoms with E-state index >= 15 is 0 Å². The van der Waals surface area contributed by atoms with Crippen molar-refractivity contribution in [3.63, 3.8) is 0 Å². The molecule has 0 aromatic heterocycles. The molecule has 0 aliphatic carbocycles. The minimum absolute atomic E-state index is 0.0466. The van der Waals surface area contributed by atoms with Gasteiger partial charge in [-0.2, -0.15) is 0 Å². The van der Waals surface area contributed by atoms with Crippen LogP contribution in [0.15, 0.2) is 24.3 Å². The van der Waals surface area contributed by atoms with E-state index in [0.29, 0.717) is 24.4 Å². The first-order valence-corrected chi connectivity index (χ1v) is 9.38. The summed E-state index contributed by atoms with van der Waals surface area (Å²) >= 11 is 1.76. The maximum atomic E-state index is 12.4. The average Bonchev–Trinajstić information content (AvgIpc) is 3.16. The van der Waals surface area contributed by atoms with Gasteiger partial charge < -0.3 is 15.0 Å². The maximum Gasteiger partial charge on any atom is 0.255 e. The molecule has 1 aromatic carbocycles. The van der Waals surface area contributed by atoms with Gasteiger partial charge in [0, 0.05) is 30.8 Å². The van der Waals surface area contributed by atoms with E-state index < -0.39 is 0 Å². The van der Waals surface area contributed by atoms with E-state index in [0.717, 1.165) is 24.5 Å². The van der Waals surface area contributed by atoms with Gasteiger partial charge in [0.15, 0.2) is 0 Å². The fourth-order valence-electron chi connectivity index (χ4n) is 3.11. The van der Waals surface area contributed by atoms with E-state index in [1.165, 1.54) is 0 Å². The molecule has 1 unspecified atom stereocenters. The van der Waals surface area contributed by atoms with Gasteiger partial charge in [0.1, 0.15) is 5.75 Å². The molecule has 1 aromatic rings. The van der Waals surface area contributed by atoms with E-state index in [9.17, 15) is 9.59 Å². The van der Waals surface area contributed by atoms with Crippen molar-refractivity contribution in [2.24, 2.45) is 0 Å². The number of thioether (sulfide) groups is 1. The summed E-state index contributed by atoms with van der Waals surface area (Å²) in [6, 6.07) is 7.26. The van der Waals surface area contributed by atoms with Crippen LogP contribution in [0.1, 0.15) is 23.2 Å². The lowest BCUT2D eigenvalue weighted by molar-refractivity contribution is -0.133. The predicted molar refractivity (Wildman–Crippen MR) is 94.3 cm³/mol. The van der Waals surface area contributed by atoms with Gasteiger partial charge in [0.05, 0.1) is 18.7 Å². The van der Waals surface area contributed by atoms with E-state index in [1.807, 2.05) is 17.0 Å². The molecule has 2 amide bonds. The fourth-order valence-corrected chi connectivity index (χ4v) is 4.05. The molecule has 2 heterocycles. The molecule has 3 rings (SSSR count). The number of hydrogen-bond donors (Lipinski definition) is 2. The molecule has 2 aliphatic rings. The van der Waals surface area contributed by atoms with Crippen molar-refractivity contribution >= 4 is 23.6 Å². The standard InChI is InChI=1S/C17H23N3O3S/c1-23-15-5-3-2-4-13(15)16(21)19-12-6-8-20(9-7-12)17(22)14-10-24-11-18-14/h2-5,12,14,18H,6-11H2,1H3,(H,19,21). The molecular weight excluding hydrogens is 326 g/mol. The number of methoxy groups -OCH3 is 1. The zero-order valence-electron chi connectivity index (χ0n) is 13.8. The number of amides is 2. The summed E-state index contributed by atoms with van der Waals surface area (Å²) in [6.45, 7) is 1.39. The number of rotatable bonds is 4. The van der Waals surface area contributed by atoms with Gasteiger partial charge in [-0.15, -0.1) is 11.8 Å². The first-order chi connectivity index (χ1) is 11.7. The lowest BCUT2D eigenvalue weighted by Crippen LogP contribution is -2.51. The molecule has 0 spiro atoms.